The second-order valence-electron chi connectivity index (χ2n) is 7.56. The zero-order valence-electron chi connectivity index (χ0n) is 17.6. The molecule has 158 valence electrons. The molecule has 0 saturated heterocycles. The molecule has 0 fully saturated rings. The number of hydrogen-bond donors (Lipinski definition) is 1. The monoisotopic (exact) mass is 418 g/mol. The third kappa shape index (κ3) is 4.55. The van der Waals surface area contributed by atoms with Crippen molar-refractivity contribution in [2.75, 3.05) is 0 Å². The quantitative estimate of drug-likeness (QED) is 0.497. The number of benzene rings is 2. The fourth-order valence-corrected chi connectivity index (χ4v) is 3.52. The highest BCUT2D eigenvalue weighted by molar-refractivity contribution is 5.76. The molecule has 1 N–H and O–H groups in total. The summed E-state index contributed by atoms with van der Waals surface area (Å²) in [5, 5.41) is 11.2. The highest BCUT2D eigenvalue weighted by Gasteiger charge is 2.18. The van der Waals surface area contributed by atoms with Crippen LogP contribution in [0.5, 0.6) is 0 Å². The summed E-state index contributed by atoms with van der Waals surface area (Å²) in [5.74, 6) is 0.273. The van der Waals surface area contributed by atoms with Crippen molar-refractivity contribution in [2.45, 2.75) is 33.9 Å². The molecule has 0 aliphatic rings. The first-order chi connectivity index (χ1) is 14.9. The molecular formula is C24H23FN4O2. The molecule has 0 atom stereocenters. The maximum atomic E-state index is 13.1. The summed E-state index contributed by atoms with van der Waals surface area (Å²) < 4.78 is 20.9. The molecule has 2 aromatic carbocycles. The molecule has 0 bridgehead atoms. The zero-order valence-corrected chi connectivity index (χ0v) is 17.6. The highest BCUT2D eigenvalue weighted by Crippen LogP contribution is 2.28. The van der Waals surface area contributed by atoms with Gasteiger partial charge in [-0.15, -0.1) is 10.2 Å². The van der Waals surface area contributed by atoms with Gasteiger partial charge in [0, 0.05) is 23.5 Å². The van der Waals surface area contributed by atoms with E-state index in [2.05, 4.69) is 21.6 Å². The molecule has 0 aliphatic heterocycles. The summed E-state index contributed by atoms with van der Waals surface area (Å²) in [5.41, 5.74) is 5.41. The average Bonchev–Trinajstić information content (AvgIpc) is 3.33. The zero-order chi connectivity index (χ0) is 22.0. The first-order valence-electron chi connectivity index (χ1n) is 9.99. The number of halogens is 1. The van der Waals surface area contributed by atoms with Crippen molar-refractivity contribution in [3.8, 4) is 22.9 Å². The van der Waals surface area contributed by atoms with Gasteiger partial charge in [-0.25, -0.2) is 4.39 Å². The Labute approximate surface area is 179 Å². The molecule has 0 aliphatic carbocycles. The van der Waals surface area contributed by atoms with Gasteiger partial charge < -0.3 is 14.3 Å². The number of nitrogens with one attached hydrogen (secondary N) is 1. The lowest BCUT2D eigenvalue weighted by molar-refractivity contribution is -0.121. The molecule has 7 heteroatoms. The molecule has 4 aromatic rings. The summed E-state index contributed by atoms with van der Waals surface area (Å²) >= 11 is 0. The van der Waals surface area contributed by atoms with Gasteiger partial charge in [-0.3, -0.25) is 4.79 Å². The van der Waals surface area contributed by atoms with Gasteiger partial charge in [-0.2, -0.15) is 0 Å². The fourth-order valence-electron chi connectivity index (χ4n) is 3.52. The Morgan fingerprint density at radius 3 is 2.52 bits per heavy atom. The van der Waals surface area contributed by atoms with Gasteiger partial charge >= 0.3 is 0 Å². The molecular weight excluding hydrogens is 395 g/mol. The summed E-state index contributed by atoms with van der Waals surface area (Å²) in [6.45, 7) is 6.55. The van der Waals surface area contributed by atoms with Gasteiger partial charge in [0.2, 0.25) is 17.7 Å². The van der Waals surface area contributed by atoms with Crippen molar-refractivity contribution in [2.24, 2.45) is 0 Å². The molecule has 0 unspecified atom stereocenters. The van der Waals surface area contributed by atoms with E-state index in [1.165, 1.54) is 12.1 Å². The van der Waals surface area contributed by atoms with Gasteiger partial charge in [-0.05, 0) is 56.7 Å². The summed E-state index contributed by atoms with van der Waals surface area (Å²) in [7, 11) is 0. The average molecular weight is 418 g/mol. The third-order valence-corrected chi connectivity index (χ3v) is 5.19. The Morgan fingerprint density at radius 2 is 1.77 bits per heavy atom. The van der Waals surface area contributed by atoms with Crippen LogP contribution in [-0.4, -0.2) is 20.7 Å². The van der Waals surface area contributed by atoms with E-state index in [0.29, 0.717) is 23.9 Å². The Hall–Kier alpha value is -3.74. The first-order valence-corrected chi connectivity index (χ1v) is 9.99. The van der Waals surface area contributed by atoms with Crippen LogP contribution in [0, 0.1) is 26.6 Å². The second kappa shape index (κ2) is 8.55. The highest BCUT2D eigenvalue weighted by atomic mass is 19.1. The Bertz CT molecular complexity index is 1220. The smallest absolute Gasteiger partial charge is 0.249 e. The minimum absolute atomic E-state index is 0.0765. The third-order valence-electron chi connectivity index (χ3n) is 5.19. The van der Waals surface area contributed by atoms with Crippen molar-refractivity contribution in [1.29, 1.82) is 0 Å². The molecule has 0 saturated carbocycles. The SMILES string of the molecule is Cc1cccc(CNC(=O)Cn2c(C)cc(-c3nnc(-c4ccc(F)cc4)o3)c2C)c1. The molecule has 31 heavy (non-hydrogen) atoms. The van der Waals surface area contributed by atoms with Crippen LogP contribution in [0.15, 0.2) is 59.0 Å². The van der Waals surface area contributed by atoms with Gasteiger partial charge in [0.15, 0.2) is 0 Å². The predicted octanol–water partition coefficient (Wildman–Crippen LogP) is 4.59. The number of amides is 1. The number of hydrogen-bond acceptors (Lipinski definition) is 4. The van der Waals surface area contributed by atoms with Crippen LogP contribution >= 0.6 is 0 Å². The molecule has 4 rings (SSSR count). The number of nitrogens with zero attached hydrogens (tertiary/aromatic N) is 3. The lowest BCUT2D eigenvalue weighted by atomic mass is 10.1. The van der Waals surface area contributed by atoms with Crippen LogP contribution in [0.25, 0.3) is 22.9 Å². The van der Waals surface area contributed by atoms with Crippen molar-refractivity contribution in [1.82, 2.24) is 20.1 Å². The van der Waals surface area contributed by atoms with Gasteiger partial charge in [0.25, 0.3) is 0 Å². The van der Waals surface area contributed by atoms with Crippen molar-refractivity contribution in [3.63, 3.8) is 0 Å². The lowest BCUT2D eigenvalue weighted by Gasteiger charge is -2.10. The van der Waals surface area contributed by atoms with Gasteiger partial charge in [0.05, 0.1) is 5.56 Å². The van der Waals surface area contributed by atoms with Crippen molar-refractivity contribution in [3.05, 3.63) is 82.9 Å². The standard InChI is InChI=1S/C24H23FN4O2/c1-15-5-4-6-18(11-15)13-26-22(30)14-29-16(2)12-21(17(29)3)24-28-27-23(31-24)19-7-9-20(25)10-8-19/h4-12H,13-14H2,1-3H3,(H,26,30). The van der Waals surface area contributed by atoms with E-state index < -0.39 is 0 Å². The molecule has 0 spiro atoms. The van der Waals surface area contributed by atoms with Crippen LogP contribution in [0.1, 0.15) is 22.5 Å². The molecule has 0 radical (unpaired) electrons. The Morgan fingerprint density at radius 1 is 1.03 bits per heavy atom. The normalized spacial score (nSPS) is 11.0. The number of aromatic nitrogens is 3. The van der Waals surface area contributed by atoms with Crippen LogP contribution in [0.3, 0.4) is 0 Å². The number of carbonyl (C=O) groups excluding carboxylic acids is 1. The minimum atomic E-state index is -0.326. The van der Waals surface area contributed by atoms with E-state index in [-0.39, 0.29) is 18.3 Å². The topological polar surface area (TPSA) is 73.0 Å². The fraction of sp³-hybridized carbons (Fsp3) is 0.208. The maximum Gasteiger partial charge on any atom is 0.249 e. The van der Waals surface area contributed by atoms with Crippen molar-refractivity contribution < 1.29 is 13.6 Å². The van der Waals surface area contributed by atoms with Crippen LogP contribution in [0.2, 0.25) is 0 Å². The molecule has 1 amide bonds. The summed E-state index contributed by atoms with van der Waals surface area (Å²) in [4.78, 5) is 12.5. The van der Waals surface area contributed by atoms with E-state index >= 15 is 0 Å². The number of aryl methyl sites for hydroxylation is 2. The van der Waals surface area contributed by atoms with E-state index in [1.54, 1.807) is 12.1 Å². The second-order valence-corrected chi connectivity index (χ2v) is 7.56. The van der Waals surface area contributed by atoms with Crippen LogP contribution in [-0.2, 0) is 17.9 Å². The molecule has 2 aromatic heterocycles. The maximum absolute atomic E-state index is 13.1. The minimum Gasteiger partial charge on any atom is -0.416 e. The number of rotatable bonds is 6. The first kappa shape index (κ1) is 20.5. The van der Waals surface area contributed by atoms with Gasteiger partial charge in [0.1, 0.15) is 12.4 Å². The van der Waals surface area contributed by atoms with E-state index in [1.807, 2.05) is 49.6 Å². The summed E-state index contributed by atoms with van der Waals surface area (Å²) in [6, 6.07) is 15.9. The van der Waals surface area contributed by atoms with E-state index in [0.717, 1.165) is 28.1 Å². The van der Waals surface area contributed by atoms with Crippen LogP contribution in [0.4, 0.5) is 4.39 Å². The summed E-state index contributed by atoms with van der Waals surface area (Å²) in [6.07, 6.45) is 0. The largest absolute Gasteiger partial charge is 0.416 e. The van der Waals surface area contributed by atoms with E-state index in [4.69, 9.17) is 4.42 Å². The molecule has 2 heterocycles. The van der Waals surface area contributed by atoms with E-state index in [9.17, 15) is 9.18 Å². The van der Waals surface area contributed by atoms with Crippen LogP contribution < -0.4 is 5.32 Å². The lowest BCUT2D eigenvalue weighted by Crippen LogP contribution is -2.27. The Balaban J connectivity index is 1.48. The van der Waals surface area contributed by atoms with Crippen molar-refractivity contribution >= 4 is 5.91 Å². The van der Waals surface area contributed by atoms with Gasteiger partial charge in [-0.1, -0.05) is 29.8 Å². The molecule has 6 nitrogen and oxygen atoms in total. The number of carbonyl (C=O) groups is 1. The Kier molecular flexibility index (Phi) is 5.66. The predicted molar refractivity (Wildman–Crippen MR) is 116 cm³/mol.